The van der Waals surface area contributed by atoms with Gasteiger partial charge in [-0.25, -0.2) is 0 Å². The third-order valence-electron chi connectivity index (χ3n) is 5.24. The minimum atomic E-state index is 0.644. The van der Waals surface area contributed by atoms with Crippen molar-refractivity contribution < 1.29 is 0 Å². The maximum Gasteiger partial charge on any atom is -0.00853 e. The van der Waals surface area contributed by atoms with Crippen molar-refractivity contribution in [1.82, 2.24) is 0 Å². The van der Waals surface area contributed by atoms with E-state index in [0.29, 0.717) is 5.41 Å². The van der Waals surface area contributed by atoms with Crippen LogP contribution in [0, 0.1) is 11.3 Å². The van der Waals surface area contributed by atoms with Gasteiger partial charge in [-0.3, -0.25) is 0 Å². The average molecular weight is 234 g/mol. The van der Waals surface area contributed by atoms with E-state index in [0.717, 1.165) is 5.92 Å². The van der Waals surface area contributed by atoms with Crippen LogP contribution in [-0.4, -0.2) is 0 Å². The van der Waals surface area contributed by atoms with E-state index >= 15 is 0 Å². The van der Waals surface area contributed by atoms with Gasteiger partial charge in [0.05, 0.1) is 0 Å². The van der Waals surface area contributed by atoms with E-state index in [1.54, 1.807) is 0 Å². The Kier molecular flexibility index (Phi) is 4.70. The van der Waals surface area contributed by atoms with Gasteiger partial charge < -0.3 is 0 Å². The van der Waals surface area contributed by atoms with E-state index in [-0.39, 0.29) is 0 Å². The fourth-order valence-corrected chi connectivity index (χ4v) is 4.26. The predicted octanol–water partition coefficient (Wildman–Crippen LogP) is 5.87. The fraction of sp³-hybridized carbons (Fsp3) is 0.882. The van der Waals surface area contributed by atoms with Crippen molar-refractivity contribution in [2.75, 3.05) is 0 Å². The molecule has 0 heteroatoms. The molecule has 2 aliphatic rings. The quantitative estimate of drug-likeness (QED) is 0.522. The molecule has 17 heavy (non-hydrogen) atoms. The molecule has 1 unspecified atom stereocenters. The van der Waals surface area contributed by atoms with Crippen LogP contribution in [0.2, 0.25) is 0 Å². The molecule has 0 aliphatic heterocycles. The molecule has 0 N–H and O–H groups in total. The summed E-state index contributed by atoms with van der Waals surface area (Å²) in [6.07, 6.45) is 18.5. The molecule has 1 saturated carbocycles. The molecular weight excluding hydrogens is 204 g/mol. The van der Waals surface area contributed by atoms with Crippen LogP contribution in [0.1, 0.15) is 84.5 Å². The molecule has 98 valence electrons. The molecule has 0 aromatic heterocycles. The Morgan fingerprint density at radius 1 is 1.18 bits per heavy atom. The number of rotatable bonds is 5. The highest BCUT2D eigenvalue weighted by molar-refractivity contribution is 5.22. The molecule has 0 radical (unpaired) electrons. The van der Waals surface area contributed by atoms with Gasteiger partial charge in [-0.05, 0) is 49.9 Å². The summed E-state index contributed by atoms with van der Waals surface area (Å²) in [5, 5.41) is 0. The number of hydrogen-bond acceptors (Lipinski definition) is 0. The van der Waals surface area contributed by atoms with Crippen LogP contribution in [0.15, 0.2) is 11.6 Å². The van der Waals surface area contributed by atoms with E-state index in [9.17, 15) is 0 Å². The van der Waals surface area contributed by atoms with Crippen molar-refractivity contribution in [3.05, 3.63) is 11.6 Å². The predicted molar refractivity (Wildman–Crippen MR) is 76.1 cm³/mol. The summed E-state index contributed by atoms with van der Waals surface area (Å²) in [6, 6.07) is 0. The topological polar surface area (TPSA) is 0 Å². The van der Waals surface area contributed by atoms with Crippen molar-refractivity contribution in [2.45, 2.75) is 84.5 Å². The lowest BCUT2D eigenvalue weighted by atomic mass is 9.63. The third-order valence-corrected chi connectivity index (χ3v) is 5.24. The number of unbranched alkanes of at least 4 members (excludes halogenated alkanes) is 1. The summed E-state index contributed by atoms with van der Waals surface area (Å²) in [4.78, 5) is 0. The first kappa shape index (κ1) is 13.2. The third kappa shape index (κ3) is 2.77. The second-order valence-electron chi connectivity index (χ2n) is 6.29. The van der Waals surface area contributed by atoms with E-state index in [4.69, 9.17) is 0 Å². The van der Waals surface area contributed by atoms with Crippen LogP contribution in [-0.2, 0) is 0 Å². The normalized spacial score (nSPS) is 28.1. The second kappa shape index (κ2) is 6.07. The van der Waals surface area contributed by atoms with Gasteiger partial charge in [-0.2, -0.15) is 0 Å². The molecule has 0 aromatic rings. The summed E-state index contributed by atoms with van der Waals surface area (Å²) in [5.74, 6) is 0.935. The van der Waals surface area contributed by atoms with Crippen molar-refractivity contribution in [3.8, 4) is 0 Å². The summed E-state index contributed by atoms with van der Waals surface area (Å²) < 4.78 is 0. The Balaban J connectivity index is 2.13. The zero-order valence-corrected chi connectivity index (χ0v) is 11.9. The summed E-state index contributed by atoms with van der Waals surface area (Å²) in [7, 11) is 0. The van der Waals surface area contributed by atoms with Crippen molar-refractivity contribution in [1.29, 1.82) is 0 Å². The van der Waals surface area contributed by atoms with Crippen LogP contribution in [0.3, 0.4) is 0 Å². The van der Waals surface area contributed by atoms with E-state index in [1.165, 1.54) is 70.6 Å². The Morgan fingerprint density at radius 3 is 2.59 bits per heavy atom. The fourth-order valence-electron chi connectivity index (χ4n) is 4.26. The van der Waals surface area contributed by atoms with Crippen LogP contribution in [0.4, 0.5) is 0 Å². The molecular formula is C17H30. The van der Waals surface area contributed by atoms with Crippen LogP contribution < -0.4 is 0 Å². The lowest BCUT2D eigenvalue weighted by molar-refractivity contribution is 0.198. The highest BCUT2D eigenvalue weighted by Gasteiger charge is 2.38. The van der Waals surface area contributed by atoms with Crippen molar-refractivity contribution in [2.24, 2.45) is 11.3 Å². The standard InChI is InChI=1S/C17H30/c1-3-5-12-17(13-7-6-8-14-17)16-11-9-10-15(16)4-2/h11,15H,3-10,12-14H2,1-2H3. The largest absolute Gasteiger partial charge is 0.0845 e. The molecule has 2 rings (SSSR count). The Labute approximate surface area is 108 Å². The van der Waals surface area contributed by atoms with Gasteiger partial charge in [-0.15, -0.1) is 0 Å². The molecule has 0 saturated heterocycles. The monoisotopic (exact) mass is 234 g/mol. The first-order valence-corrected chi connectivity index (χ1v) is 8.03. The smallest absolute Gasteiger partial charge is 0.00853 e. The van der Waals surface area contributed by atoms with Crippen LogP contribution in [0.25, 0.3) is 0 Å². The number of hydrogen-bond donors (Lipinski definition) is 0. The molecule has 2 aliphatic carbocycles. The molecule has 0 nitrogen and oxygen atoms in total. The maximum atomic E-state index is 2.63. The SMILES string of the molecule is CCCCC1(C2=CCCC2CC)CCCCC1. The maximum absolute atomic E-state index is 2.63. The summed E-state index contributed by atoms with van der Waals surface area (Å²) >= 11 is 0. The molecule has 0 spiro atoms. The molecule has 1 fully saturated rings. The van der Waals surface area contributed by atoms with Crippen LogP contribution in [0.5, 0.6) is 0 Å². The minimum Gasteiger partial charge on any atom is -0.0845 e. The van der Waals surface area contributed by atoms with Gasteiger partial charge in [-0.1, -0.05) is 57.6 Å². The van der Waals surface area contributed by atoms with E-state index < -0.39 is 0 Å². The molecule has 1 atom stereocenters. The Bertz CT molecular complexity index is 255. The highest BCUT2D eigenvalue weighted by Crippen LogP contribution is 2.52. The zero-order chi connectivity index (χ0) is 12.1. The van der Waals surface area contributed by atoms with E-state index in [1.807, 2.05) is 5.57 Å². The van der Waals surface area contributed by atoms with Gasteiger partial charge >= 0.3 is 0 Å². The van der Waals surface area contributed by atoms with Crippen molar-refractivity contribution in [3.63, 3.8) is 0 Å². The van der Waals surface area contributed by atoms with Gasteiger partial charge in [0, 0.05) is 0 Å². The summed E-state index contributed by atoms with van der Waals surface area (Å²) in [5.41, 5.74) is 2.54. The van der Waals surface area contributed by atoms with Gasteiger partial charge in [0.15, 0.2) is 0 Å². The average Bonchev–Trinajstić information content (AvgIpc) is 2.86. The Hall–Kier alpha value is -0.260. The van der Waals surface area contributed by atoms with Crippen molar-refractivity contribution >= 4 is 0 Å². The first-order chi connectivity index (χ1) is 8.32. The lowest BCUT2D eigenvalue weighted by Crippen LogP contribution is -2.29. The van der Waals surface area contributed by atoms with Gasteiger partial charge in [0.2, 0.25) is 0 Å². The molecule has 0 aromatic carbocycles. The van der Waals surface area contributed by atoms with Gasteiger partial charge in [0.1, 0.15) is 0 Å². The first-order valence-electron chi connectivity index (χ1n) is 8.03. The number of allylic oxidation sites excluding steroid dienone is 2. The lowest BCUT2D eigenvalue weighted by Gasteiger charge is -2.41. The van der Waals surface area contributed by atoms with Gasteiger partial charge in [0.25, 0.3) is 0 Å². The molecule has 0 heterocycles. The summed E-state index contributed by atoms with van der Waals surface area (Å²) in [6.45, 7) is 4.73. The van der Waals surface area contributed by atoms with E-state index in [2.05, 4.69) is 19.9 Å². The zero-order valence-electron chi connectivity index (χ0n) is 11.9. The molecule has 0 bridgehead atoms. The second-order valence-corrected chi connectivity index (χ2v) is 6.29. The Morgan fingerprint density at radius 2 is 1.94 bits per heavy atom. The highest BCUT2D eigenvalue weighted by atomic mass is 14.4. The minimum absolute atomic E-state index is 0.644. The molecule has 0 amide bonds. The van der Waals surface area contributed by atoms with Crippen LogP contribution >= 0.6 is 0 Å².